The highest BCUT2D eigenvalue weighted by Gasteiger charge is 2.07. The molecule has 0 aromatic heterocycles. The van der Waals surface area contributed by atoms with E-state index in [-0.39, 0.29) is 5.82 Å². The summed E-state index contributed by atoms with van der Waals surface area (Å²) < 4.78 is 13.5. The van der Waals surface area contributed by atoms with E-state index in [1.807, 2.05) is 61.5 Å². The van der Waals surface area contributed by atoms with Crippen LogP contribution >= 0.6 is 23.5 Å². The molecule has 3 aromatic carbocycles. The Kier molecular flexibility index (Phi) is 6.69. The normalized spacial score (nSPS) is 12.2. The lowest BCUT2D eigenvalue weighted by atomic mass is 10.3. The van der Waals surface area contributed by atoms with Crippen LogP contribution in [0.4, 0.5) is 10.1 Å². The Labute approximate surface area is 162 Å². The van der Waals surface area contributed by atoms with Gasteiger partial charge in [-0.25, -0.2) is 9.38 Å². The summed E-state index contributed by atoms with van der Waals surface area (Å²) in [5, 5.41) is 2.94. The second-order valence-corrected chi connectivity index (χ2v) is 7.55. The van der Waals surface area contributed by atoms with Crippen LogP contribution in [-0.4, -0.2) is 5.04 Å². The Hall–Kier alpha value is -2.30. The number of aliphatic imine (C=N–C) groups is 1. The van der Waals surface area contributed by atoms with E-state index in [1.165, 1.54) is 17.0 Å². The second-order valence-electron chi connectivity index (χ2n) is 5.54. The first kappa shape index (κ1) is 18.5. The van der Waals surface area contributed by atoms with E-state index in [0.29, 0.717) is 5.69 Å². The van der Waals surface area contributed by atoms with Gasteiger partial charge in [0.1, 0.15) is 10.9 Å². The molecule has 0 aliphatic carbocycles. The molecule has 0 unspecified atom stereocenters. The third-order valence-corrected chi connectivity index (χ3v) is 5.58. The number of nitrogens with zero attached hydrogens (tertiary/aromatic N) is 1. The van der Waals surface area contributed by atoms with E-state index in [4.69, 9.17) is 0 Å². The van der Waals surface area contributed by atoms with E-state index in [1.54, 1.807) is 29.6 Å². The topological polar surface area (TPSA) is 12.4 Å². The van der Waals surface area contributed by atoms with Crippen molar-refractivity contribution in [2.45, 2.75) is 16.7 Å². The summed E-state index contributed by atoms with van der Waals surface area (Å²) in [6.07, 6.45) is 0. The Balaban J connectivity index is 1.88. The van der Waals surface area contributed by atoms with Gasteiger partial charge in [-0.15, -0.1) is 0 Å². The van der Waals surface area contributed by atoms with Gasteiger partial charge in [0.2, 0.25) is 0 Å². The fourth-order valence-corrected chi connectivity index (χ4v) is 3.86. The largest absolute Gasteiger partial charge is 0.241 e. The zero-order chi connectivity index (χ0) is 18.2. The Morgan fingerprint density at radius 2 is 1.50 bits per heavy atom. The second kappa shape index (κ2) is 9.41. The van der Waals surface area contributed by atoms with Crippen molar-refractivity contribution >= 4 is 34.3 Å². The lowest BCUT2D eigenvalue weighted by Gasteiger charge is -2.08. The van der Waals surface area contributed by atoms with Gasteiger partial charge in [0.15, 0.2) is 0 Å². The predicted molar refractivity (Wildman–Crippen MR) is 112 cm³/mol. The van der Waals surface area contributed by atoms with Crippen molar-refractivity contribution in [1.82, 2.24) is 0 Å². The molecule has 130 valence electrons. The molecule has 0 saturated heterocycles. The van der Waals surface area contributed by atoms with Gasteiger partial charge < -0.3 is 0 Å². The zero-order valence-corrected chi connectivity index (χ0v) is 15.9. The molecule has 0 aliphatic rings. The van der Waals surface area contributed by atoms with E-state index in [0.717, 1.165) is 15.5 Å². The third-order valence-electron chi connectivity index (χ3n) is 3.45. The summed E-state index contributed by atoms with van der Waals surface area (Å²) in [7, 11) is 0. The van der Waals surface area contributed by atoms with Crippen molar-refractivity contribution in [3.63, 3.8) is 0 Å². The number of hydrogen-bond donors (Lipinski definition) is 0. The molecule has 0 radical (unpaired) electrons. The van der Waals surface area contributed by atoms with E-state index in [9.17, 15) is 4.39 Å². The number of thioether (sulfide) groups is 2. The number of halogens is 1. The van der Waals surface area contributed by atoms with Crippen molar-refractivity contribution < 1.29 is 4.39 Å². The molecule has 0 spiro atoms. The molecule has 0 saturated carbocycles. The van der Waals surface area contributed by atoms with Gasteiger partial charge in [0.25, 0.3) is 0 Å². The van der Waals surface area contributed by atoms with Gasteiger partial charge in [0.05, 0.1) is 5.69 Å². The van der Waals surface area contributed by atoms with Crippen LogP contribution in [0.5, 0.6) is 0 Å². The summed E-state index contributed by atoms with van der Waals surface area (Å²) in [6.45, 7) is 2.03. The quantitative estimate of drug-likeness (QED) is 0.261. The van der Waals surface area contributed by atoms with E-state index >= 15 is 0 Å². The van der Waals surface area contributed by atoms with Gasteiger partial charge in [-0.1, -0.05) is 66.0 Å². The molecule has 3 aromatic rings. The molecule has 4 heteroatoms. The van der Waals surface area contributed by atoms with Gasteiger partial charge in [-0.2, -0.15) is 0 Å². The van der Waals surface area contributed by atoms with Crippen molar-refractivity contribution in [1.29, 1.82) is 0 Å². The minimum atomic E-state index is -0.282. The molecule has 0 aliphatic heterocycles. The molecule has 0 heterocycles. The van der Waals surface area contributed by atoms with Gasteiger partial charge in [0, 0.05) is 9.79 Å². The standard InChI is InChI=1S/C22H18FNS2/c1-17(16-25-20-11-4-2-5-12-20)22(26-21-13-6-3-7-14-21)24-19-10-8-9-18(23)15-19/h2-16H,1H3/b17-16+,24-22+. The Bertz CT molecular complexity index is 906. The van der Waals surface area contributed by atoms with Crippen LogP contribution in [0.3, 0.4) is 0 Å². The molecule has 0 amide bonds. The van der Waals surface area contributed by atoms with Crippen LogP contribution in [0.15, 0.2) is 111 Å². The summed E-state index contributed by atoms with van der Waals surface area (Å²) in [4.78, 5) is 6.95. The molecule has 0 bridgehead atoms. The minimum absolute atomic E-state index is 0.282. The molecule has 0 N–H and O–H groups in total. The maximum atomic E-state index is 13.5. The SMILES string of the molecule is CC(=C\Sc1ccccc1)/C(=N\c1cccc(F)c1)Sc1ccccc1. The minimum Gasteiger partial charge on any atom is -0.241 e. The summed E-state index contributed by atoms with van der Waals surface area (Å²) in [5.74, 6) is -0.282. The fraction of sp³-hybridized carbons (Fsp3) is 0.0455. The molecule has 1 nitrogen and oxygen atoms in total. The van der Waals surface area contributed by atoms with Crippen LogP contribution in [0.25, 0.3) is 0 Å². The van der Waals surface area contributed by atoms with Crippen LogP contribution in [0, 0.1) is 5.82 Å². The first-order valence-electron chi connectivity index (χ1n) is 8.17. The van der Waals surface area contributed by atoms with Crippen molar-refractivity contribution in [3.8, 4) is 0 Å². The van der Waals surface area contributed by atoms with E-state index < -0.39 is 0 Å². The average molecular weight is 380 g/mol. The van der Waals surface area contributed by atoms with E-state index in [2.05, 4.69) is 22.5 Å². The smallest absolute Gasteiger partial charge is 0.125 e. The van der Waals surface area contributed by atoms with Gasteiger partial charge >= 0.3 is 0 Å². The maximum Gasteiger partial charge on any atom is 0.125 e. The average Bonchev–Trinajstić information content (AvgIpc) is 2.67. The number of rotatable bonds is 5. The Morgan fingerprint density at radius 3 is 2.15 bits per heavy atom. The highest BCUT2D eigenvalue weighted by atomic mass is 32.2. The van der Waals surface area contributed by atoms with Crippen LogP contribution in [0.1, 0.15) is 6.92 Å². The molecular weight excluding hydrogens is 361 g/mol. The Morgan fingerprint density at radius 1 is 0.846 bits per heavy atom. The fourth-order valence-electron chi connectivity index (χ4n) is 2.16. The summed E-state index contributed by atoms with van der Waals surface area (Å²) in [5.41, 5.74) is 1.65. The monoisotopic (exact) mass is 379 g/mol. The third kappa shape index (κ3) is 5.61. The molecular formula is C22H18FNS2. The van der Waals surface area contributed by atoms with Crippen molar-refractivity contribution in [3.05, 3.63) is 102 Å². The van der Waals surface area contributed by atoms with Crippen LogP contribution < -0.4 is 0 Å². The predicted octanol–water partition coefficient (Wildman–Crippen LogP) is 7.34. The lowest BCUT2D eigenvalue weighted by Crippen LogP contribution is -1.94. The van der Waals surface area contributed by atoms with Crippen LogP contribution in [0.2, 0.25) is 0 Å². The summed E-state index contributed by atoms with van der Waals surface area (Å²) in [6, 6.07) is 26.6. The van der Waals surface area contributed by atoms with Gasteiger partial charge in [-0.05, 0) is 60.4 Å². The van der Waals surface area contributed by atoms with Crippen LogP contribution in [-0.2, 0) is 0 Å². The lowest BCUT2D eigenvalue weighted by molar-refractivity contribution is 0.628. The first-order chi connectivity index (χ1) is 12.7. The number of benzene rings is 3. The molecule has 26 heavy (non-hydrogen) atoms. The first-order valence-corrected chi connectivity index (χ1v) is 9.86. The molecule has 0 fully saturated rings. The highest BCUT2D eigenvalue weighted by Crippen LogP contribution is 2.29. The van der Waals surface area contributed by atoms with Gasteiger partial charge in [-0.3, -0.25) is 0 Å². The number of hydrogen-bond acceptors (Lipinski definition) is 3. The van der Waals surface area contributed by atoms with Crippen molar-refractivity contribution in [2.24, 2.45) is 4.99 Å². The maximum absolute atomic E-state index is 13.5. The molecule has 0 atom stereocenters. The van der Waals surface area contributed by atoms with Crippen molar-refractivity contribution in [2.75, 3.05) is 0 Å². The zero-order valence-electron chi connectivity index (χ0n) is 14.3. The molecule has 3 rings (SSSR count). The summed E-state index contributed by atoms with van der Waals surface area (Å²) >= 11 is 3.23. The highest BCUT2D eigenvalue weighted by molar-refractivity contribution is 8.14.